The Bertz CT molecular complexity index is 2480. The summed E-state index contributed by atoms with van der Waals surface area (Å²) in [5.74, 6) is 0. The number of sulfone groups is 1. The molecule has 0 saturated carbocycles. The van der Waals surface area contributed by atoms with E-state index in [-0.39, 0.29) is 0 Å². The maximum Gasteiger partial charge on any atom is 0.184 e. The largest absolute Gasteiger partial charge is 0.378 e. The van der Waals surface area contributed by atoms with Crippen LogP contribution in [0.5, 0.6) is 0 Å². The van der Waals surface area contributed by atoms with E-state index in [0.29, 0.717) is 4.21 Å². The van der Waals surface area contributed by atoms with Crippen molar-refractivity contribution in [1.82, 2.24) is 19.2 Å². The lowest BCUT2D eigenvalue weighted by Crippen LogP contribution is -2.38. The van der Waals surface area contributed by atoms with Gasteiger partial charge in [0.25, 0.3) is 0 Å². The summed E-state index contributed by atoms with van der Waals surface area (Å²) in [4.78, 5) is 7.58. The Hall–Kier alpha value is -5.77. The number of nitrogens with zero attached hydrogens (tertiary/aromatic N) is 5. The molecule has 8 aromatic rings. The summed E-state index contributed by atoms with van der Waals surface area (Å²) in [5, 5.41) is 5.53. The predicted octanol–water partition coefficient (Wildman–Crippen LogP) is 8.90. The molecule has 4 heterocycles. The number of aromatic nitrogens is 4. The number of hydrogen-bond donors (Lipinski definition) is 0. The second-order valence-corrected chi connectivity index (χ2v) is 16.1. The molecule has 0 amide bonds. The number of pyridine rings is 1. The summed E-state index contributed by atoms with van der Waals surface area (Å²) in [7, 11) is 0.743. The first-order valence-corrected chi connectivity index (χ1v) is 19.3. The van der Waals surface area contributed by atoms with E-state index >= 15 is 0 Å². The van der Waals surface area contributed by atoms with E-state index in [9.17, 15) is 8.42 Å². The third kappa shape index (κ3) is 5.74. The van der Waals surface area contributed by atoms with Gasteiger partial charge in [0.1, 0.15) is 21.1 Å². The smallest absolute Gasteiger partial charge is 0.184 e. The van der Waals surface area contributed by atoms with Crippen LogP contribution in [0.4, 0.5) is 5.69 Å². The molecule has 51 heavy (non-hydrogen) atoms. The average Bonchev–Trinajstić information content (AvgIpc) is 3.92. The van der Waals surface area contributed by atoms with E-state index in [2.05, 4.69) is 130 Å². The molecule has 0 spiro atoms. The van der Waals surface area contributed by atoms with Crippen LogP contribution in [0.3, 0.4) is 0 Å². The molecule has 0 bridgehead atoms. The molecule has 0 aliphatic rings. The van der Waals surface area contributed by atoms with Crippen LogP contribution in [0.1, 0.15) is 16.7 Å². The molecule has 0 radical (unpaired) electrons. The molecule has 0 aliphatic carbocycles. The molecule has 8 rings (SSSR count). The lowest BCUT2D eigenvalue weighted by atomic mass is 9.77. The van der Waals surface area contributed by atoms with Gasteiger partial charge in [0, 0.05) is 55.1 Å². The number of rotatable bonds is 9. The van der Waals surface area contributed by atoms with Crippen LogP contribution in [0.2, 0.25) is 0 Å². The third-order valence-corrected chi connectivity index (χ3v) is 12.2. The number of hydrogen-bond acceptors (Lipinski definition) is 6. The van der Waals surface area contributed by atoms with E-state index in [1.54, 1.807) is 12.3 Å². The predicted molar refractivity (Wildman–Crippen MR) is 207 cm³/mol. The van der Waals surface area contributed by atoms with Gasteiger partial charge in [0.15, 0.2) is 9.84 Å². The summed E-state index contributed by atoms with van der Waals surface area (Å²) in [6.45, 7) is 0. The lowest BCUT2D eigenvalue weighted by molar-refractivity contribution is 0.461. The van der Waals surface area contributed by atoms with Gasteiger partial charge in [-0.15, -0.1) is 11.3 Å². The number of benzene rings is 4. The van der Waals surface area contributed by atoms with Gasteiger partial charge >= 0.3 is 0 Å². The molecule has 0 saturated heterocycles. The summed E-state index contributed by atoms with van der Waals surface area (Å²) >= 11 is 1.25. The van der Waals surface area contributed by atoms with Crippen LogP contribution in [0.15, 0.2) is 162 Å². The molecular formula is C42H35N5O2S2. The summed E-state index contributed by atoms with van der Waals surface area (Å²) in [5.41, 5.74) is 8.84. The van der Waals surface area contributed by atoms with Crippen molar-refractivity contribution in [2.45, 2.75) is 9.75 Å². The van der Waals surface area contributed by atoms with Gasteiger partial charge in [-0.05, 0) is 53.1 Å². The topological polar surface area (TPSA) is 72.5 Å². The first-order chi connectivity index (χ1) is 24.7. The van der Waals surface area contributed by atoms with Crippen molar-refractivity contribution >= 4 is 32.5 Å². The van der Waals surface area contributed by atoms with Crippen LogP contribution in [-0.4, -0.2) is 47.9 Å². The van der Waals surface area contributed by atoms with Gasteiger partial charge in [-0.3, -0.25) is 9.08 Å². The van der Waals surface area contributed by atoms with Gasteiger partial charge in [0.2, 0.25) is 0 Å². The van der Waals surface area contributed by atoms with Gasteiger partial charge in [-0.25, -0.2) is 13.4 Å². The summed E-state index contributed by atoms with van der Waals surface area (Å²) in [6.07, 6.45) is 7.27. The summed E-state index contributed by atoms with van der Waals surface area (Å²) in [6, 6.07) is 47.7. The monoisotopic (exact) mass is 705 g/mol. The highest BCUT2D eigenvalue weighted by atomic mass is 32.2. The number of anilines is 1. The van der Waals surface area contributed by atoms with Crippen molar-refractivity contribution in [2.75, 3.05) is 25.3 Å². The summed E-state index contributed by atoms with van der Waals surface area (Å²) < 4.78 is 29.1. The zero-order chi connectivity index (χ0) is 35.2. The SMILES string of the molecule is CN(C)c1ccc(-c2nn(C(c3ccccc3)(c3ccccc3)c3ccccc3)cc2-c2ccc3ncc(-c4ccc(S(C)(=O)=O)s4)n3c2)cc1. The van der Waals surface area contributed by atoms with E-state index in [1.807, 2.05) is 48.8 Å². The van der Waals surface area contributed by atoms with Crippen LogP contribution in [0, 0.1) is 0 Å². The quantitative estimate of drug-likeness (QED) is 0.140. The van der Waals surface area contributed by atoms with Crippen molar-refractivity contribution in [3.05, 3.63) is 175 Å². The third-order valence-electron chi connectivity index (χ3n) is 9.31. The molecule has 9 heteroatoms. The van der Waals surface area contributed by atoms with Gasteiger partial charge < -0.3 is 4.90 Å². The maximum absolute atomic E-state index is 12.3. The normalized spacial score (nSPS) is 12.0. The van der Waals surface area contributed by atoms with Crippen molar-refractivity contribution in [2.24, 2.45) is 0 Å². The molecule has 252 valence electrons. The Morgan fingerprint density at radius 1 is 0.667 bits per heavy atom. The van der Waals surface area contributed by atoms with Crippen LogP contribution >= 0.6 is 11.3 Å². The zero-order valence-corrected chi connectivity index (χ0v) is 30.0. The molecule has 7 nitrogen and oxygen atoms in total. The molecule has 0 aliphatic heterocycles. The zero-order valence-electron chi connectivity index (χ0n) is 28.4. The molecule has 0 unspecified atom stereocenters. The lowest BCUT2D eigenvalue weighted by Gasteiger charge is -2.36. The van der Waals surface area contributed by atoms with Crippen molar-refractivity contribution in [1.29, 1.82) is 0 Å². The van der Waals surface area contributed by atoms with E-state index in [4.69, 9.17) is 5.10 Å². The van der Waals surface area contributed by atoms with Crippen molar-refractivity contribution < 1.29 is 8.42 Å². The molecular weight excluding hydrogens is 671 g/mol. The molecule has 0 fully saturated rings. The highest BCUT2D eigenvalue weighted by molar-refractivity contribution is 7.92. The Kier molecular flexibility index (Phi) is 8.17. The molecule has 4 aromatic heterocycles. The van der Waals surface area contributed by atoms with E-state index in [0.717, 1.165) is 61.0 Å². The molecule has 0 atom stereocenters. The second kappa shape index (κ2) is 12.8. The van der Waals surface area contributed by atoms with Gasteiger partial charge in [-0.2, -0.15) is 5.10 Å². The average molecular weight is 706 g/mol. The standard InChI is InChI=1S/C42H35N5O2S2/c1-45(2)35-22-19-30(20-23-35)41-36(31-21-25-39-43-27-37(46(39)28-31)38-24-26-40(50-38)51(3,48)49)29-47(44-41)42(32-13-7-4-8-14-32,33-15-9-5-10-16-33)34-17-11-6-12-18-34/h4-29H,1-3H3. The number of fused-ring (bicyclic) bond motifs is 1. The number of imidazole rings is 1. The second-order valence-electron chi connectivity index (χ2n) is 12.8. The Labute approximate surface area is 301 Å². The molecule has 0 N–H and O–H groups in total. The Morgan fingerprint density at radius 3 is 1.76 bits per heavy atom. The van der Waals surface area contributed by atoms with Crippen LogP contribution < -0.4 is 4.90 Å². The Morgan fingerprint density at radius 2 is 1.24 bits per heavy atom. The first-order valence-electron chi connectivity index (χ1n) is 16.6. The van der Waals surface area contributed by atoms with E-state index < -0.39 is 15.4 Å². The first kappa shape index (κ1) is 32.4. The molecule has 4 aromatic carbocycles. The minimum absolute atomic E-state index is 0.326. The Balaban J connectivity index is 1.40. The highest BCUT2D eigenvalue weighted by Crippen LogP contribution is 2.43. The van der Waals surface area contributed by atoms with Crippen molar-refractivity contribution in [3.8, 4) is 33.0 Å². The highest BCUT2D eigenvalue weighted by Gasteiger charge is 2.40. The van der Waals surface area contributed by atoms with Gasteiger partial charge in [-0.1, -0.05) is 103 Å². The fraction of sp³-hybridized carbons (Fsp3) is 0.0952. The van der Waals surface area contributed by atoms with Crippen LogP contribution in [0.25, 0.3) is 38.6 Å². The minimum atomic E-state index is -3.33. The fourth-order valence-electron chi connectivity index (χ4n) is 6.80. The minimum Gasteiger partial charge on any atom is -0.378 e. The number of thiophene rings is 1. The fourth-order valence-corrected chi connectivity index (χ4v) is 8.74. The van der Waals surface area contributed by atoms with E-state index in [1.165, 1.54) is 17.6 Å². The van der Waals surface area contributed by atoms with Crippen molar-refractivity contribution in [3.63, 3.8) is 0 Å². The maximum atomic E-state index is 12.3. The van der Waals surface area contributed by atoms with Crippen LogP contribution in [-0.2, 0) is 15.4 Å². The van der Waals surface area contributed by atoms with Gasteiger partial charge in [0.05, 0.1) is 16.8 Å².